The molecule has 2 aromatic rings. The number of ether oxygens (including phenoxy) is 1. The molecule has 5 heteroatoms. The van der Waals surface area contributed by atoms with Gasteiger partial charge in [0.1, 0.15) is 5.75 Å². The van der Waals surface area contributed by atoms with E-state index in [1.54, 1.807) is 0 Å². The highest BCUT2D eigenvalue weighted by molar-refractivity contribution is 6.32. The number of anilines is 1. The second-order valence-corrected chi connectivity index (χ2v) is 5.85. The molecule has 0 aliphatic rings. The zero-order valence-electron chi connectivity index (χ0n) is 13.2. The standard InChI is InChI=1S/C16H22ClN3O/c1-10(2)21-16-7-6-13(8-15(16)17)18-9-14-11(3)19-20(5)12(14)4/h6-8,10,18H,9H2,1-5H3. The first-order valence-corrected chi connectivity index (χ1v) is 7.45. The quantitative estimate of drug-likeness (QED) is 0.904. The number of nitrogens with zero attached hydrogens (tertiary/aromatic N) is 2. The fourth-order valence-electron chi connectivity index (χ4n) is 2.22. The highest BCUT2D eigenvalue weighted by Gasteiger charge is 2.10. The van der Waals surface area contributed by atoms with E-state index >= 15 is 0 Å². The molecule has 0 bridgehead atoms. The van der Waals surface area contributed by atoms with E-state index in [1.807, 2.05) is 50.7 Å². The smallest absolute Gasteiger partial charge is 0.138 e. The number of hydrogen-bond acceptors (Lipinski definition) is 3. The van der Waals surface area contributed by atoms with Crippen LogP contribution in [0.1, 0.15) is 30.8 Å². The van der Waals surface area contributed by atoms with Gasteiger partial charge >= 0.3 is 0 Å². The van der Waals surface area contributed by atoms with E-state index in [2.05, 4.69) is 17.3 Å². The first kappa shape index (κ1) is 15.7. The summed E-state index contributed by atoms with van der Waals surface area (Å²) in [4.78, 5) is 0. The summed E-state index contributed by atoms with van der Waals surface area (Å²) in [6, 6.07) is 5.76. The van der Waals surface area contributed by atoms with Crippen LogP contribution < -0.4 is 10.1 Å². The summed E-state index contributed by atoms with van der Waals surface area (Å²) >= 11 is 6.24. The summed E-state index contributed by atoms with van der Waals surface area (Å²) in [5.41, 5.74) is 4.41. The van der Waals surface area contributed by atoms with Crippen LogP contribution in [0.4, 0.5) is 5.69 Å². The maximum Gasteiger partial charge on any atom is 0.138 e. The van der Waals surface area contributed by atoms with E-state index in [0.717, 1.165) is 17.9 Å². The molecule has 0 radical (unpaired) electrons. The number of benzene rings is 1. The van der Waals surface area contributed by atoms with Gasteiger partial charge in [-0.05, 0) is 45.9 Å². The average Bonchev–Trinajstić information content (AvgIpc) is 2.64. The van der Waals surface area contributed by atoms with Gasteiger partial charge in [0.05, 0.1) is 16.8 Å². The van der Waals surface area contributed by atoms with Crippen molar-refractivity contribution < 1.29 is 4.74 Å². The largest absolute Gasteiger partial charge is 0.489 e. The van der Waals surface area contributed by atoms with Crippen LogP contribution in [0.5, 0.6) is 5.75 Å². The zero-order chi connectivity index (χ0) is 15.6. The minimum absolute atomic E-state index is 0.113. The Balaban J connectivity index is 2.08. The van der Waals surface area contributed by atoms with Gasteiger partial charge in [0.2, 0.25) is 0 Å². The molecule has 0 saturated carbocycles. The molecular formula is C16H22ClN3O. The molecule has 0 amide bonds. The van der Waals surface area contributed by atoms with Crippen LogP contribution in [0.15, 0.2) is 18.2 Å². The third-order valence-electron chi connectivity index (χ3n) is 3.42. The number of rotatable bonds is 5. The van der Waals surface area contributed by atoms with Gasteiger partial charge in [0.25, 0.3) is 0 Å². The minimum atomic E-state index is 0.113. The third-order valence-corrected chi connectivity index (χ3v) is 3.72. The van der Waals surface area contributed by atoms with Crippen LogP contribution in [0, 0.1) is 13.8 Å². The maximum absolute atomic E-state index is 6.24. The van der Waals surface area contributed by atoms with Crippen molar-refractivity contribution in [1.82, 2.24) is 9.78 Å². The van der Waals surface area contributed by atoms with Crippen molar-refractivity contribution in [3.05, 3.63) is 40.2 Å². The summed E-state index contributed by atoms with van der Waals surface area (Å²) in [7, 11) is 1.96. The second-order valence-electron chi connectivity index (χ2n) is 5.44. The zero-order valence-corrected chi connectivity index (χ0v) is 14.0. The monoisotopic (exact) mass is 307 g/mol. The Hall–Kier alpha value is -1.68. The number of halogens is 1. The summed E-state index contributed by atoms with van der Waals surface area (Å²) in [5, 5.41) is 8.42. The van der Waals surface area contributed by atoms with Crippen molar-refractivity contribution in [1.29, 1.82) is 0 Å². The second kappa shape index (κ2) is 6.39. The predicted octanol–water partition coefficient (Wildman–Crippen LogP) is 4.09. The Bertz CT molecular complexity index is 635. The van der Waals surface area contributed by atoms with Crippen molar-refractivity contribution in [3.63, 3.8) is 0 Å². The lowest BCUT2D eigenvalue weighted by Crippen LogP contribution is -2.06. The molecule has 2 rings (SSSR count). The van der Waals surface area contributed by atoms with Crippen molar-refractivity contribution in [2.75, 3.05) is 5.32 Å². The van der Waals surface area contributed by atoms with Crippen molar-refractivity contribution in [2.24, 2.45) is 7.05 Å². The first-order chi connectivity index (χ1) is 9.88. The molecule has 1 aromatic carbocycles. The Kier molecular flexibility index (Phi) is 4.78. The topological polar surface area (TPSA) is 39.1 Å². The molecule has 4 nitrogen and oxygen atoms in total. The van der Waals surface area contributed by atoms with Crippen LogP contribution in [0.2, 0.25) is 5.02 Å². The molecule has 1 heterocycles. The molecule has 0 aliphatic heterocycles. The summed E-state index contributed by atoms with van der Waals surface area (Å²) in [6.45, 7) is 8.79. The van der Waals surface area contributed by atoms with E-state index in [4.69, 9.17) is 16.3 Å². The number of hydrogen-bond donors (Lipinski definition) is 1. The maximum atomic E-state index is 6.24. The van der Waals surface area contributed by atoms with Gasteiger partial charge in [0, 0.05) is 30.5 Å². The number of aryl methyl sites for hydroxylation is 2. The van der Waals surface area contributed by atoms with E-state index < -0.39 is 0 Å². The molecular weight excluding hydrogens is 286 g/mol. The summed E-state index contributed by atoms with van der Waals surface area (Å²) in [5.74, 6) is 0.714. The van der Waals surface area contributed by atoms with Crippen LogP contribution in [0.3, 0.4) is 0 Å². The lowest BCUT2D eigenvalue weighted by molar-refractivity contribution is 0.242. The molecule has 0 saturated heterocycles. The van der Waals surface area contributed by atoms with Gasteiger partial charge in [-0.15, -0.1) is 0 Å². The van der Waals surface area contributed by atoms with E-state index in [0.29, 0.717) is 10.8 Å². The Morgan fingerprint density at radius 1 is 1.33 bits per heavy atom. The molecule has 0 atom stereocenters. The molecule has 0 aliphatic carbocycles. The molecule has 1 aromatic heterocycles. The van der Waals surface area contributed by atoms with Crippen LogP contribution >= 0.6 is 11.6 Å². The van der Waals surface area contributed by atoms with Crippen LogP contribution in [0.25, 0.3) is 0 Å². The average molecular weight is 308 g/mol. The van der Waals surface area contributed by atoms with E-state index in [-0.39, 0.29) is 6.10 Å². The van der Waals surface area contributed by atoms with Gasteiger partial charge in [-0.2, -0.15) is 5.10 Å². The lowest BCUT2D eigenvalue weighted by Gasteiger charge is -2.13. The Morgan fingerprint density at radius 2 is 2.05 bits per heavy atom. The molecule has 21 heavy (non-hydrogen) atoms. The summed E-state index contributed by atoms with van der Waals surface area (Å²) < 4.78 is 7.53. The Labute approximate surface area is 131 Å². The predicted molar refractivity (Wildman–Crippen MR) is 87.2 cm³/mol. The van der Waals surface area contributed by atoms with E-state index in [1.165, 1.54) is 11.3 Å². The SMILES string of the molecule is Cc1nn(C)c(C)c1CNc1ccc(OC(C)C)c(Cl)c1. The molecule has 0 fully saturated rings. The lowest BCUT2D eigenvalue weighted by atomic mass is 10.2. The normalized spacial score (nSPS) is 11.0. The number of nitrogens with one attached hydrogen (secondary N) is 1. The van der Waals surface area contributed by atoms with Crippen molar-refractivity contribution in [2.45, 2.75) is 40.3 Å². The van der Waals surface area contributed by atoms with Crippen molar-refractivity contribution in [3.8, 4) is 5.75 Å². The molecule has 114 valence electrons. The fourth-order valence-corrected chi connectivity index (χ4v) is 2.45. The van der Waals surface area contributed by atoms with Gasteiger partial charge in [-0.1, -0.05) is 11.6 Å². The van der Waals surface area contributed by atoms with Gasteiger partial charge < -0.3 is 10.1 Å². The highest BCUT2D eigenvalue weighted by atomic mass is 35.5. The third kappa shape index (κ3) is 3.70. The fraction of sp³-hybridized carbons (Fsp3) is 0.438. The highest BCUT2D eigenvalue weighted by Crippen LogP contribution is 2.29. The molecule has 0 spiro atoms. The number of aromatic nitrogens is 2. The van der Waals surface area contributed by atoms with E-state index in [9.17, 15) is 0 Å². The van der Waals surface area contributed by atoms with Crippen LogP contribution in [-0.4, -0.2) is 15.9 Å². The van der Waals surface area contributed by atoms with Crippen LogP contribution in [-0.2, 0) is 13.6 Å². The van der Waals surface area contributed by atoms with Gasteiger partial charge in [0.15, 0.2) is 0 Å². The van der Waals surface area contributed by atoms with Crippen molar-refractivity contribution >= 4 is 17.3 Å². The van der Waals surface area contributed by atoms with Gasteiger partial charge in [-0.25, -0.2) is 0 Å². The molecule has 0 unspecified atom stereocenters. The summed E-state index contributed by atoms with van der Waals surface area (Å²) in [6.07, 6.45) is 0.113. The minimum Gasteiger partial charge on any atom is -0.489 e. The molecule has 1 N–H and O–H groups in total. The van der Waals surface area contributed by atoms with Gasteiger partial charge in [-0.3, -0.25) is 4.68 Å². The Morgan fingerprint density at radius 3 is 2.57 bits per heavy atom. The first-order valence-electron chi connectivity index (χ1n) is 7.07.